The first-order valence-electron chi connectivity index (χ1n) is 10.9. The van der Waals surface area contributed by atoms with E-state index in [9.17, 15) is 9.59 Å². The number of rotatable bonds is 6. The molecule has 8 heteroatoms. The van der Waals surface area contributed by atoms with Crippen molar-refractivity contribution in [2.75, 3.05) is 7.05 Å². The molecule has 3 aromatic rings. The number of carbonyl (C=O) groups excluding carboxylic acids is 2. The van der Waals surface area contributed by atoms with Crippen molar-refractivity contribution in [3.63, 3.8) is 0 Å². The van der Waals surface area contributed by atoms with Crippen LogP contribution in [0.2, 0.25) is 5.02 Å². The standard InChI is InChI=1S/C26H26ClN5O2/c1-26(23(33)32(2)24(28)31-26)20-10-6-9-18(13-20)22-14-21(27)12-11-19(22)16-30-25(34)29-15-17-7-4-3-5-8-17/h3-14H,15-16H2,1-2H3,(H2,28,31)(H2,29,30,34). The Kier molecular flexibility index (Phi) is 6.56. The van der Waals surface area contributed by atoms with E-state index < -0.39 is 5.54 Å². The molecule has 0 bridgehead atoms. The van der Waals surface area contributed by atoms with Gasteiger partial charge in [0.1, 0.15) is 0 Å². The molecule has 0 saturated heterocycles. The number of amides is 3. The number of nitrogens with two attached hydrogens (primary N) is 1. The third-order valence-electron chi connectivity index (χ3n) is 5.95. The highest BCUT2D eigenvalue weighted by Gasteiger charge is 2.43. The molecule has 0 radical (unpaired) electrons. The molecule has 4 rings (SSSR count). The average molecular weight is 476 g/mol. The van der Waals surface area contributed by atoms with Crippen LogP contribution < -0.4 is 16.4 Å². The highest BCUT2D eigenvalue weighted by atomic mass is 35.5. The molecule has 1 atom stereocenters. The Bertz CT molecular complexity index is 1260. The van der Waals surface area contributed by atoms with Gasteiger partial charge >= 0.3 is 6.03 Å². The van der Waals surface area contributed by atoms with Crippen molar-refractivity contribution in [3.8, 4) is 11.1 Å². The summed E-state index contributed by atoms with van der Waals surface area (Å²) in [7, 11) is 1.61. The Balaban J connectivity index is 1.54. The lowest BCUT2D eigenvalue weighted by atomic mass is 9.89. The minimum absolute atomic E-state index is 0.187. The van der Waals surface area contributed by atoms with Crippen molar-refractivity contribution in [1.82, 2.24) is 15.5 Å². The highest BCUT2D eigenvalue weighted by molar-refractivity contribution is 6.30. The van der Waals surface area contributed by atoms with Gasteiger partial charge in [-0.2, -0.15) is 0 Å². The first kappa shape index (κ1) is 23.3. The largest absolute Gasteiger partial charge is 0.369 e. The third kappa shape index (κ3) is 4.75. The van der Waals surface area contributed by atoms with E-state index in [4.69, 9.17) is 17.3 Å². The summed E-state index contributed by atoms with van der Waals surface area (Å²) in [5.41, 5.74) is 9.15. The molecule has 3 amide bonds. The molecule has 0 aliphatic carbocycles. The summed E-state index contributed by atoms with van der Waals surface area (Å²) in [4.78, 5) is 30.9. The number of nitrogens with zero attached hydrogens (tertiary/aromatic N) is 2. The van der Waals surface area contributed by atoms with Crippen LogP contribution in [0.25, 0.3) is 11.1 Å². The summed E-state index contributed by atoms with van der Waals surface area (Å²) < 4.78 is 0. The first-order chi connectivity index (χ1) is 16.3. The molecule has 0 fully saturated rings. The van der Waals surface area contributed by atoms with Crippen molar-refractivity contribution in [3.05, 3.63) is 94.5 Å². The lowest BCUT2D eigenvalue weighted by molar-refractivity contribution is -0.130. The van der Waals surface area contributed by atoms with Crippen LogP contribution in [0.5, 0.6) is 0 Å². The second kappa shape index (κ2) is 9.57. The van der Waals surface area contributed by atoms with E-state index in [1.54, 1.807) is 20.0 Å². The molecule has 1 heterocycles. The smallest absolute Gasteiger partial charge is 0.315 e. The topological polar surface area (TPSA) is 99.8 Å². The van der Waals surface area contributed by atoms with Crippen LogP contribution in [0.4, 0.5) is 4.79 Å². The van der Waals surface area contributed by atoms with Crippen LogP contribution in [0.1, 0.15) is 23.6 Å². The summed E-state index contributed by atoms with van der Waals surface area (Å²) in [5, 5.41) is 6.33. The number of hydrogen-bond donors (Lipinski definition) is 3. The minimum atomic E-state index is -1.09. The zero-order chi connectivity index (χ0) is 24.3. The van der Waals surface area contributed by atoms with Crippen molar-refractivity contribution < 1.29 is 9.59 Å². The van der Waals surface area contributed by atoms with E-state index in [1.807, 2.05) is 66.7 Å². The lowest BCUT2D eigenvalue weighted by Crippen LogP contribution is -2.38. The zero-order valence-corrected chi connectivity index (χ0v) is 19.8. The molecular weight excluding hydrogens is 450 g/mol. The second-order valence-corrected chi connectivity index (χ2v) is 8.75. The molecule has 1 aliphatic rings. The Hall–Kier alpha value is -3.84. The van der Waals surface area contributed by atoms with Crippen molar-refractivity contribution in [2.45, 2.75) is 25.6 Å². The van der Waals surface area contributed by atoms with Gasteiger partial charge in [0.15, 0.2) is 11.5 Å². The van der Waals surface area contributed by atoms with Gasteiger partial charge in [-0.25, -0.2) is 9.79 Å². The van der Waals surface area contributed by atoms with Gasteiger partial charge in [0.2, 0.25) is 0 Å². The van der Waals surface area contributed by atoms with E-state index in [0.29, 0.717) is 18.1 Å². The normalized spacial score (nSPS) is 17.4. The monoisotopic (exact) mass is 475 g/mol. The van der Waals surface area contributed by atoms with E-state index in [1.165, 1.54) is 4.90 Å². The van der Waals surface area contributed by atoms with Crippen LogP contribution in [-0.2, 0) is 23.4 Å². The van der Waals surface area contributed by atoms with Crippen molar-refractivity contribution in [2.24, 2.45) is 10.7 Å². The number of halogens is 1. The molecule has 0 aromatic heterocycles. The Labute approximate surface area is 203 Å². The SMILES string of the molecule is CN1C(=O)C(C)(c2cccc(-c3cc(Cl)ccc3CNC(=O)NCc3ccccc3)c2)N=C1N. The average Bonchev–Trinajstić information content (AvgIpc) is 3.05. The summed E-state index contributed by atoms with van der Waals surface area (Å²) in [5.74, 6) is -0.00251. The van der Waals surface area contributed by atoms with Gasteiger partial charge in [0, 0.05) is 25.2 Å². The summed E-state index contributed by atoms with van der Waals surface area (Å²) in [6.45, 7) is 2.50. The number of likely N-dealkylation sites (N-methyl/N-ethyl adjacent to an activating group) is 1. The molecule has 7 nitrogen and oxygen atoms in total. The van der Waals surface area contributed by atoms with Crippen LogP contribution in [0.15, 0.2) is 77.8 Å². The molecule has 3 aromatic carbocycles. The van der Waals surface area contributed by atoms with E-state index >= 15 is 0 Å². The summed E-state index contributed by atoms with van der Waals surface area (Å²) in [6, 6.07) is 22.5. The lowest BCUT2D eigenvalue weighted by Gasteiger charge is -2.21. The van der Waals surface area contributed by atoms with Gasteiger partial charge in [-0.05, 0) is 52.9 Å². The molecule has 34 heavy (non-hydrogen) atoms. The fourth-order valence-corrected chi connectivity index (χ4v) is 4.12. The van der Waals surface area contributed by atoms with Crippen LogP contribution in [0, 0.1) is 0 Å². The van der Waals surface area contributed by atoms with E-state index in [-0.39, 0.29) is 17.9 Å². The Morgan fingerprint density at radius 1 is 1.03 bits per heavy atom. The number of hydrogen-bond acceptors (Lipinski definition) is 4. The fraction of sp³-hybridized carbons (Fsp3) is 0.192. The predicted molar refractivity (Wildman–Crippen MR) is 134 cm³/mol. The predicted octanol–water partition coefficient (Wildman–Crippen LogP) is 4.01. The van der Waals surface area contributed by atoms with Gasteiger partial charge in [-0.1, -0.05) is 66.2 Å². The molecule has 4 N–H and O–H groups in total. The van der Waals surface area contributed by atoms with Gasteiger partial charge < -0.3 is 16.4 Å². The maximum atomic E-state index is 12.8. The van der Waals surface area contributed by atoms with Crippen molar-refractivity contribution >= 4 is 29.5 Å². The molecule has 0 saturated carbocycles. The van der Waals surface area contributed by atoms with Gasteiger partial charge in [0.25, 0.3) is 5.91 Å². The Morgan fingerprint density at radius 3 is 2.47 bits per heavy atom. The van der Waals surface area contributed by atoms with E-state index in [0.717, 1.165) is 27.8 Å². The quantitative estimate of drug-likeness (QED) is 0.502. The summed E-state index contributed by atoms with van der Waals surface area (Å²) in [6.07, 6.45) is 0. The van der Waals surface area contributed by atoms with Crippen molar-refractivity contribution in [1.29, 1.82) is 0 Å². The number of nitrogens with one attached hydrogen (secondary N) is 2. The van der Waals surface area contributed by atoms with Crippen LogP contribution in [0.3, 0.4) is 0 Å². The molecule has 174 valence electrons. The number of guanidine groups is 1. The van der Waals surface area contributed by atoms with Crippen LogP contribution >= 0.6 is 11.6 Å². The highest BCUT2D eigenvalue weighted by Crippen LogP contribution is 2.35. The van der Waals surface area contributed by atoms with Crippen LogP contribution in [-0.4, -0.2) is 29.8 Å². The molecular formula is C26H26ClN5O2. The third-order valence-corrected chi connectivity index (χ3v) is 6.18. The summed E-state index contributed by atoms with van der Waals surface area (Å²) >= 11 is 6.30. The number of benzene rings is 3. The van der Waals surface area contributed by atoms with Gasteiger partial charge in [0.05, 0.1) is 0 Å². The van der Waals surface area contributed by atoms with Gasteiger partial charge in [-0.15, -0.1) is 0 Å². The molecule has 1 unspecified atom stereocenters. The molecule has 1 aliphatic heterocycles. The maximum Gasteiger partial charge on any atom is 0.315 e. The second-order valence-electron chi connectivity index (χ2n) is 8.31. The number of urea groups is 1. The fourth-order valence-electron chi connectivity index (χ4n) is 3.95. The minimum Gasteiger partial charge on any atom is -0.369 e. The molecule has 0 spiro atoms. The van der Waals surface area contributed by atoms with E-state index in [2.05, 4.69) is 15.6 Å². The van der Waals surface area contributed by atoms with Gasteiger partial charge in [-0.3, -0.25) is 9.69 Å². The maximum absolute atomic E-state index is 12.8. The number of aliphatic imine (C=N–C) groups is 1. The Morgan fingerprint density at radius 2 is 1.76 bits per heavy atom. The zero-order valence-electron chi connectivity index (χ0n) is 19.0. The first-order valence-corrected chi connectivity index (χ1v) is 11.2. The number of carbonyl (C=O) groups is 2.